The molecular formula is C23H20N2O3S2. The third kappa shape index (κ3) is 3.38. The number of aromatic nitrogens is 1. The van der Waals surface area contributed by atoms with Crippen molar-refractivity contribution >= 4 is 53.2 Å². The number of carbonyl (C=O) groups excluding carboxylic acids is 1. The maximum absolute atomic E-state index is 12.5. The summed E-state index contributed by atoms with van der Waals surface area (Å²) in [5.41, 5.74) is 4.57. The molecule has 4 aromatic rings. The molecule has 1 N–H and O–H groups in total. The average molecular weight is 437 g/mol. The van der Waals surface area contributed by atoms with Gasteiger partial charge in [-0.25, -0.2) is 13.4 Å². The lowest BCUT2D eigenvalue weighted by Crippen LogP contribution is -2.17. The number of sulfone groups is 1. The fourth-order valence-electron chi connectivity index (χ4n) is 4.03. The smallest absolute Gasteiger partial charge is 0.227 e. The predicted octanol–water partition coefficient (Wildman–Crippen LogP) is 4.66. The summed E-state index contributed by atoms with van der Waals surface area (Å²) in [6.07, 6.45) is 1.98. The molecule has 1 aliphatic carbocycles. The van der Waals surface area contributed by atoms with Crippen LogP contribution in [0.3, 0.4) is 0 Å². The summed E-state index contributed by atoms with van der Waals surface area (Å²) in [6.45, 7) is 1.90. The van der Waals surface area contributed by atoms with E-state index in [9.17, 15) is 13.2 Å². The normalized spacial score (nSPS) is 13.2. The Labute approximate surface area is 178 Å². The fraction of sp³-hybridized carbons (Fsp3) is 0.217. The number of hydrogen-bond donors (Lipinski definition) is 1. The topological polar surface area (TPSA) is 76.1 Å². The maximum atomic E-state index is 12.5. The van der Waals surface area contributed by atoms with Crippen LogP contribution in [-0.2, 0) is 27.5 Å². The van der Waals surface area contributed by atoms with Crippen molar-refractivity contribution in [3.8, 4) is 0 Å². The van der Waals surface area contributed by atoms with Crippen LogP contribution in [0, 0.1) is 6.92 Å². The van der Waals surface area contributed by atoms with Crippen molar-refractivity contribution < 1.29 is 13.2 Å². The van der Waals surface area contributed by atoms with Crippen molar-refractivity contribution in [2.45, 2.75) is 31.1 Å². The van der Waals surface area contributed by atoms with Crippen LogP contribution in [0.2, 0.25) is 0 Å². The Kier molecular flexibility index (Phi) is 4.60. The van der Waals surface area contributed by atoms with Gasteiger partial charge >= 0.3 is 0 Å². The second kappa shape index (κ2) is 7.18. The van der Waals surface area contributed by atoms with E-state index in [0.717, 1.165) is 34.0 Å². The highest BCUT2D eigenvalue weighted by atomic mass is 32.2. The van der Waals surface area contributed by atoms with E-state index < -0.39 is 9.84 Å². The Morgan fingerprint density at radius 2 is 1.87 bits per heavy atom. The minimum Gasteiger partial charge on any atom is -0.302 e. The number of fused-ring (bicyclic) bond motifs is 2. The number of hydrogen-bond acceptors (Lipinski definition) is 5. The zero-order valence-electron chi connectivity index (χ0n) is 16.4. The molecule has 0 atom stereocenters. The number of rotatable bonds is 5. The van der Waals surface area contributed by atoms with Crippen molar-refractivity contribution in [2.75, 3.05) is 11.1 Å². The van der Waals surface area contributed by atoms with Gasteiger partial charge in [-0.15, -0.1) is 0 Å². The summed E-state index contributed by atoms with van der Waals surface area (Å²) in [4.78, 5) is 17.3. The minimum absolute atomic E-state index is 0.109. The number of benzene rings is 3. The van der Waals surface area contributed by atoms with Gasteiger partial charge in [-0.3, -0.25) is 4.79 Å². The molecular weight excluding hydrogens is 416 g/mol. The summed E-state index contributed by atoms with van der Waals surface area (Å²) < 4.78 is 26.0. The Hall–Kier alpha value is -2.77. The molecule has 1 aliphatic rings. The number of aryl methyl sites for hydroxylation is 3. The molecule has 5 rings (SSSR count). The highest BCUT2D eigenvalue weighted by Crippen LogP contribution is 2.39. The number of nitrogens with one attached hydrogen (secondary N) is 1. The van der Waals surface area contributed by atoms with Gasteiger partial charge in [0.15, 0.2) is 15.0 Å². The number of thiazole rings is 1. The zero-order valence-corrected chi connectivity index (χ0v) is 18.1. The number of anilines is 1. The SMILES string of the molecule is Cc1ccc(S(=O)(=O)CCC(=O)Nc2nc3c(cc4c5c(cccc53)CC4)s2)cc1. The molecule has 0 unspecified atom stereocenters. The van der Waals surface area contributed by atoms with E-state index in [1.165, 1.54) is 27.8 Å². The van der Waals surface area contributed by atoms with E-state index in [1.54, 1.807) is 24.3 Å². The van der Waals surface area contributed by atoms with Crippen molar-refractivity contribution in [3.63, 3.8) is 0 Å². The van der Waals surface area contributed by atoms with Gasteiger partial charge in [0.2, 0.25) is 5.91 Å². The monoisotopic (exact) mass is 436 g/mol. The van der Waals surface area contributed by atoms with Gasteiger partial charge in [-0.2, -0.15) is 0 Å². The average Bonchev–Trinajstić information content (AvgIpc) is 3.32. The van der Waals surface area contributed by atoms with Crippen LogP contribution in [0.15, 0.2) is 53.4 Å². The summed E-state index contributed by atoms with van der Waals surface area (Å²) >= 11 is 1.43. The number of amides is 1. The van der Waals surface area contributed by atoms with Crippen LogP contribution in [0.1, 0.15) is 23.1 Å². The molecule has 152 valence electrons. The van der Waals surface area contributed by atoms with Gasteiger partial charge < -0.3 is 5.32 Å². The minimum atomic E-state index is -3.50. The standard InChI is InChI=1S/C23H20N2O3S2/c1-14-5-9-17(10-6-14)30(27,28)12-11-20(26)24-23-25-22-18-4-2-3-15-7-8-16(21(15)18)13-19(22)29-23/h2-6,9-10,13H,7-8,11-12H2,1H3,(H,24,25,26). The first-order chi connectivity index (χ1) is 14.4. The van der Waals surface area contributed by atoms with Crippen LogP contribution < -0.4 is 5.32 Å². The number of nitrogens with zero attached hydrogens (tertiary/aromatic N) is 1. The Balaban J connectivity index is 1.35. The van der Waals surface area contributed by atoms with Crippen molar-refractivity contribution in [2.24, 2.45) is 0 Å². The van der Waals surface area contributed by atoms with Crippen molar-refractivity contribution in [1.82, 2.24) is 4.98 Å². The first-order valence-corrected chi connectivity index (χ1v) is 12.3. The summed E-state index contributed by atoms with van der Waals surface area (Å²) in [5, 5.41) is 5.70. The lowest BCUT2D eigenvalue weighted by molar-refractivity contribution is -0.115. The maximum Gasteiger partial charge on any atom is 0.227 e. The largest absolute Gasteiger partial charge is 0.302 e. The van der Waals surface area contributed by atoms with Gasteiger partial charge in [-0.05, 0) is 54.5 Å². The molecule has 0 radical (unpaired) electrons. The summed E-state index contributed by atoms with van der Waals surface area (Å²) in [5.74, 6) is -0.578. The Morgan fingerprint density at radius 3 is 2.67 bits per heavy atom. The van der Waals surface area contributed by atoms with Gasteiger partial charge in [0.05, 0.1) is 20.9 Å². The van der Waals surface area contributed by atoms with Crippen LogP contribution in [0.25, 0.3) is 21.0 Å². The van der Waals surface area contributed by atoms with Gasteiger partial charge in [0.1, 0.15) is 0 Å². The molecule has 1 heterocycles. The quantitative estimate of drug-likeness (QED) is 0.494. The molecule has 0 bridgehead atoms. The van der Waals surface area contributed by atoms with Crippen LogP contribution in [0.4, 0.5) is 5.13 Å². The van der Waals surface area contributed by atoms with Crippen LogP contribution >= 0.6 is 11.3 Å². The van der Waals surface area contributed by atoms with E-state index in [-0.39, 0.29) is 23.0 Å². The molecule has 30 heavy (non-hydrogen) atoms. The molecule has 3 aromatic carbocycles. The molecule has 0 aliphatic heterocycles. The van der Waals surface area contributed by atoms with E-state index in [4.69, 9.17) is 0 Å². The lowest BCUT2D eigenvalue weighted by atomic mass is 10.0. The van der Waals surface area contributed by atoms with Gasteiger partial charge in [0, 0.05) is 11.8 Å². The molecule has 0 saturated carbocycles. The van der Waals surface area contributed by atoms with E-state index in [0.29, 0.717) is 5.13 Å². The predicted molar refractivity (Wildman–Crippen MR) is 121 cm³/mol. The number of carbonyl (C=O) groups is 1. The fourth-order valence-corrected chi connectivity index (χ4v) is 6.23. The highest BCUT2D eigenvalue weighted by Gasteiger charge is 2.20. The van der Waals surface area contributed by atoms with Crippen molar-refractivity contribution in [3.05, 3.63) is 65.2 Å². The van der Waals surface area contributed by atoms with Gasteiger partial charge in [-0.1, -0.05) is 47.2 Å². The first-order valence-electron chi connectivity index (χ1n) is 9.84. The third-order valence-corrected chi connectivity index (χ3v) is 8.22. The third-order valence-electron chi connectivity index (χ3n) is 5.57. The molecule has 7 heteroatoms. The molecule has 0 saturated heterocycles. The second-order valence-electron chi connectivity index (χ2n) is 7.67. The molecule has 1 aromatic heterocycles. The Bertz CT molecular complexity index is 1400. The Morgan fingerprint density at radius 1 is 1.10 bits per heavy atom. The highest BCUT2D eigenvalue weighted by molar-refractivity contribution is 7.91. The summed E-state index contributed by atoms with van der Waals surface area (Å²) in [7, 11) is -3.50. The second-order valence-corrected chi connectivity index (χ2v) is 10.8. The van der Waals surface area contributed by atoms with E-state index >= 15 is 0 Å². The zero-order chi connectivity index (χ0) is 20.9. The summed E-state index contributed by atoms with van der Waals surface area (Å²) in [6, 6.07) is 15.1. The van der Waals surface area contributed by atoms with E-state index in [1.807, 2.05) is 6.92 Å². The van der Waals surface area contributed by atoms with Crippen LogP contribution in [0.5, 0.6) is 0 Å². The first kappa shape index (κ1) is 19.2. The lowest BCUT2D eigenvalue weighted by Gasteiger charge is -2.05. The van der Waals surface area contributed by atoms with Crippen LogP contribution in [-0.4, -0.2) is 25.1 Å². The molecule has 0 fully saturated rings. The molecule has 0 spiro atoms. The molecule has 5 nitrogen and oxygen atoms in total. The van der Waals surface area contributed by atoms with E-state index in [2.05, 4.69) is 34.6 Å². The van der Waals surface area contributed by atoms with Gasteiger partial charge in [0.25, 0.3) is 0 Å². The van der Waals surface area contributed by atoms with Crippen molar-refractivity contribution in [1.29, 1.82) is 0 Å². The molecule has 1 amide bonds.